The van der Waals surface area contributed by atoms with Crippen LogP contribution < -0.4 is 0 Å². The Morgan fingerprint density at radius 1 is 1.17 bits per heavy atom. The molecule has 0 spiro atoms. The fourth-order valence-corrected chi connectivity index (χ4v) is 3.41. The molecule has 24 heavy (non-hydrogen) atoms. The molecule has 0 atom stereocenters. The summed E-state index contributed by atoms with van der Waals surface area (Å²) in [6.45, 7) is 13.0. The molecule has 1 aromatic rings. The van der Waals surface area contributed by atoms with Gasteiger partial charge in [0.15, 0.2) is 0 Å². The first-order valence-corrected chi connectivity index (χ1v) is 9.38. The van der Waals surface area contributed by atoms with Crippen molar-refractivity contribution >= 4 is 24.0 Å². The maximum absolute atomic E-state index is 15.2. The first-order valence-electron chi connectivity index (χ1n) is 8.56. The second kappa shape index (κ2) is 7.69. The highest BCUT2D eigenvalue weighted by molar-refractivity contribution is 7.13. The molecule has 2 heterocycles. The van der Waals surface area contributed by atoms with Crippen LogP contribution >= 0.6 is 11.3 Å². The predicted octanol–water partition coefficient (Wildman–Crippen LogP) is 5.19. The van der Waals surface area contributed by atoms with Crippen molar-refractivity contribution in [2.24, 2.45) is 0 Å². The minimum Gasteiger partial charge on any atom is -0.398 e. The van der Waals surface area contributed by atoms with Crippen LogP contribution in [0, 0.1) is 6.92 Å². The number of rotatable bonds is 7. The summed E-state index contributed by atoms with van der Waals surface area (Å²) in [5, 5.41) is 0. The van der Waals surface area contributed by atoms with E-state index in [-0.39, 0.29) is 5.73 Å². The molecule has 0 bridgehead atoms. The number of aryl methyl sites for hydroxylation is 1. The molecular formula is C18H28BFO3S. The van der Waals surface area contributed by atoms with Crippen LogP contribution in [0.25, 0.3) is 5.57 Å². The van der Waals surface area contributed by atoms with Gasteiger partial charge < -0.3 is 14.0 Å². The fraction of sp³-hybridized carbons (Fsp3) is 0.667. The monoisotopic (exact) mass is 354 g/mol. The first kappa shape index (κ1) is 19.6. The smallest absolute Gasteiger partial charge is 0.398 e. The van der Waals surface area contributed by atoms with E-state index in [0.29, 0.717) is 25.2 Å². The molecule has 6 heteroatoms. The maximum atomic E-state index is 15.2. The van der Waals surface area contributed by atoms with Gasteiger partial charge in [-0.15, -0.1) is 11.3 Å². The van der Waals surface area contributed by atoms with Gasteiger partial charge in [-0.25, -0.2) is 4.39 Å². The van der Waals surface area contributed by atoms with Crippen molar-refractivity contribution in [1.29, 1.82) is 0 Å². The predicted molar refractivity (Wildman–Crippen MR) is 98.9 cm³/mol. The molecule has 0 aromatic carbocycles. The SMILES string of the molecule is CCCOCCC(=C(F)B1OC(C)(C)C(C)(C)O1)c1ccc(C)s1. The molecule has 1 fully saturated rings. The minimum atomic E-state index is -0.960. The van der Waals surface area contributed by atoms with Crippen molar-refractivity contribution < 1.29 is 18.4 Å². The molecule has 134 valence electrons. The van der Waals surface area contributed by atoms with E-state index >= 15 is 4.39 Å². The van der Waals surface area contributed by atoms with Gasteiger partial charge >= 0.3 is 7.12 Å². The summed E-state index contributed by atoms with van der Waals surface area (Å²) < 4.78 is 32.5. The van der Waals surface area contributed by atoms with Gasteiger partial charge in [0.2, 0.25) is 0 Å². The lowest BCUT2D eigenvalue weighted by atomic mass is 9.83. The number of hydrogen-bond donors (Lipinski definition) is 0. The summed E-state index contributed by atoms with van der Waals surface area (Å²) in [5.74, 6) is 0. The van der Waals surface area contributed by atoms with Crippen LogP contribution in [-0.4, -0.2) is 31.5 Å². The summed E-state index contributed by atoms with van der Waals surface area (Å²) in [5.41, 5.74) is -0.813. The molecule has 0 radical (unpaired) electrons. The molecule has 1 aliphatic heterocycles. The van der Waals surface area contributed by atoms with Crippen LogP contribution in [-0.2, 0) is 14.0 Å². The van der Waals surface area contributed by atoms with E-state index in [0.717, 1.165) is 16.2 Å². The average molecular weight is 354 g/mol. The lowest BCUT2D eigenvalue weighted by Crippen LogP contribution is -2.41. The van der Waals surface area contributed by atoms with Crippen LogP contribution in [0.5, 0.6) is 0 Å². The van der Waals surface area contributed by atoms with Crippen molar-refractivity contribution in [3.05, 3.63) is 27.6 Å². The summed E-state index contributed by atoms with van der Waals surface area (Å²) in [7, 11) is -0.960. The Kier molecular flexibility index (Phi) is 6.29. The molecule has 1 aromatic heterocycles. The van der Waals surface area contributed by atoms with Crippen molar-refractivity contribution in [2.75, 3.05) is 13.2 Å². The number of halogens is 1. The molecule has 3 nitrogen and oxygen atoms in total. The third-order valence-corrected chi connectivity index (χ3v) is 5.69. The fourth-order valence-electron chi connectivity index (χ4n) is 2.47. The van der Waals surface area contributed by atoms with Gasteiger partial charge in [-0.2, -0.15) is 0 Å². The third kappa shape index (κ3) is 4.28. The van der Waals surface area contributed by atoms with Gasteiger partial charge in [0.1, 0.15) is 5.73 Å². The molecule has 0 unspecified atom stereocenters. The first-order chi connectivity index (χ1) is 11.2. The van der Waals surface area contributed by atoms with E-state index in [1.54, 1.807) is 11.3 Å². The standard InChI is InChI=1S/C18H28BFO3S/c1-7-11-21-12-10-14(15-9-8-13(2)24-15)16(20)19-22-17(3,4)18(5,6)23-19/h8-9H,7,10-12H2,1-6H3. The van der Waals surface area contributed by atoms with Crippen LogP contribution in [0.2, 0.25) is 0 Å². The minimum absolute atomic E-state index is 0.337. The van der Waals surface area contributed by atoms with E-state index in [1.807, 2.05) is 46.8 Å². The van der Waals surface area contributed by atoms with E-state index in [9.17, 15) is 0 Å². The van der Waals surface area contributed by atoms with E-state index in [1.165, 1.54) is 0 Å². The second-order valence-corrected chi connectivity index (χ2v) is 8.48. The largest absolute Gasteiger partial charge is 0.525 e. The summed E-state index contributed by atoms with van der Waals surface area (Å²) >= 11 is 1.58. The number of thiophene rings is 1. The van der Waals surface area contributed by atoms with Crippen molar-refractivity contribution in [3.8, 4) is 0 Å². The van der Waals surface area contributed by atoms with Crippen LogP contribution in [0.1, 0.15) is 57.2 Å². The van der Waals surface area contributed by atoms with Crippen molar-refractivity contribution in [3.63, 3.8) is 0 Å². The highest BCUT2D eigenvalue weighted by Gasteiger charge is 2.53. The Morgan fingerprint density at radius 2 is 1.79 bits per heavy atom. The Hall–Kier alpha value is -0.685. The maximum Gasteiger partial charge on any atom is 0.525 e. The molecule has 0 aliphatic carbocycles. The van der Waals surface area contributed by atoms with E-state index in [4.69, 9.17) is 14.0 Å². The van der Waals surface area contributed by atoms with Gasteiger partial charge in [0, 0.05) is 16.4 Å². The third-order valence-electron chi connectivity index (χ3n) is 4.63. The number of hydrogen-bond acceptors (Lipinski definition) is 4. The lowest BCUT2D eigenvalue weighted by molar-refractivity contribution is 0.00578. The Bertz CT molecular complexity index is 579. The summed E-state index contributed by atoms with van der Waals surface area (Å²) in [4.78, 5) is 2.07. The zero-order chi connectivity index (χ0) is 18.0. The highest BCUT2D eigenvalue weighted by atomic mass is 32.1. The normalized spacial score (nSPS) is 20.4. The lowest BCUT2D eigenvalue weighted by Gasteiger charge is -2.32. The van der Waals surface area contributed by atoms with Crippen LogP contribution in [0.3, 0.4) is 0 Å². The topological polar surface area (TPSA) is 27.7 Å². The average Bonchev–Trinajstić information content (AvgIpc) is 3.00. The van der Waals surface area contributed by atoms with Crippen LogP contribution in [0.15, 0.2) is 17.9 Å². The van der Waals surface area contributed by atoms with Gasteiger partial charge in [-0.1, -0.05) is 6.92 Å². The molecule has 0 amide bonds. The zero-order valence-electron chi connectivity index (χ0n) is 15.6. The number of ether oxygens (including phenoxy) is 1. The van der Waals surface area contributed by atoms with Crippen molar-refractivity contribution in [1.82, 2.24) is 0 Å². The van der Waals surface area contributed by atoms with Gasteiger partial charge in [0.25, 0.3) is 0 Å². The van der Waals surface area contributed by atoms with Crippen LogP contribution in [0.4, 0.5) is 4.39 Å². The summed E-state index contributed by atoms with van der Waals surface area (Å²) in [6, 6.07) is 3.96. The Labute approximate surface area is 149 Å². The molecular weight excluding hydrogens is 326 g/mol. The van der Waals surface area contributed by atoms with E-state index in [2.05, 4.69) is 6.92 Å². The highest BCUT2D eigenvalue weighted by Crippen LogP contribution is 2.41. The zero-order valence-corrected chi connectivity index (χ0v) is 16.4. The molecule has 0 N–H and O–H groups in total. The Balaban J connectivity index is 2.25. The van der Waals surface area contributed by atoms with Crippen molar-refractivity contribution in [2.45, 2.75) is 65.6 Å². The van der Waals surface area contributed by atoms with Gasteiger partial charge in [0.05, 0.1) is 17.8 Å². The Morgan fingerprint density at radius 3 is 2.29 bits per heavy atom. The van der Waals surface area contributed by atoms with Gasteiger partial charge in [-0.05, 0) is 65.2 Å². The summed E-state index contributed by atoms with van der Waals surface area (Å²) in [6.07, 6.45) is 1.47. The molecule has 2 rings (SSSR count). The second-order valence-electron chi connectivity index (χ2n) is 7.19. The van der Waals surface area contributed by atoms with E-state index < -0.39 is 18.3 Å². The molecule has 1 aliphatic rings. The molecule has 0 saturated carbocycles. The quantitative estimate of drug-likeness (QED) is 0.498. The van der Waals surface area contributed by atoms with Gasteiger partial charge in [-0.3, -0.25) is 0 Å². The molecule has 1 saturated heterocycles.